The number of hydrogen-bond donors (Lipinski definition) is 0. The predicted molar refractivity (Wildman–Crippen MR) is 13.9 cm³/mol. The van der Waals surface area contributed by atoms with Gasteiger partial charge in [0.1, 0.15) is 0 Å². The molecule has 0 aromatic heterocycles. The monoisotopic (exact) mass is 107 g/mol. The Bertz CT molecular complexity index is 62.5. The lowest BCUT2D eigenvalue weighted by Gasteiger charge is -1.85. The van der Waals surface area contributed by atoms with Gasteiger partial charge in [0.25, 0.3) is 6.40 Å². The molecule has 0 aromatic carbocycles. The summed E-state index contributed by atoms with van der Waals surface area (Å²) in [7, 11) is 0. The fourth-order valence-corrected chi connectivity index (χ4v) is 0.110. The van der Waals surface area contributed by atoms with Crippen molar-refractivity contribution in [1.29, 1.82) is 0 Å². The highest BCUT2D eigenvalue weighted by molar-refractivity contribution is 5.43. The largest absolute Gasteiger partial charge is 0.290 e. The second-order valence-electron chi connectivity index (χ2n) is 0.586. The molecular weight excluding hydrogens is 106 g/mol. The van der Waals surface area contributed by atoms with E-state index in [4.69, 9.17) is 0 Å². The van der Waals surface area contributed by atoms with E-state index in [1.807, 2.05) is 0 Å². The molecule has 6 heteroatoms. The summed E-state index contributed by atoms with van der Waals surface area (Å²) in [5, 5.41) is 13.9. The molecule has 0 aliphatic carbocycles. The molecule has 0 N–H and O–H groups in total. The Morgan fingerprint density at radius 3 is 3.14 bits per heavy atom. The van der Waals surface area contributed by atoms with Crippen molar-refractivity contribution < 1.29 is 25.0 Å². The van der Waals surface area contributed by atoms with E-state index < -0.39 is 0 Å². The molecule has 0 atom stereocenters. The average molecular weight is 107 g/mol. The van der Waals surface area contributed by atoms with Gasteiger partial charge >= 0.3 is 0 Å². The van der Waals surface area contributed by atoms with Gasteiger partial charge in [0, 0.05) is 15.1 Å². The maximum atomic E-state index is 3.93. The molecule has 1 aliphatic rings. The Hall–Kier alpha value is -0.850. The molecular formula is CHNO5. The number of oxime groups is 1. The third-order valence-electron chi connectivity index (χ3n) is 0.254. The van der Waals surface area contributed by atoms with Crippen molar-refractivity contribution >= 4 is 6.40 Å². The molecule has 7 heavy (non-hydrogen) atoms. The summed E-state index contributed by atoms with van der Waals surface area (Å²) in [5.41, 5.74) is 0. The Morgan fingerprint density at radius 1 is 1.14 bits per heavy atom. The van der Waals surface area contributed by atoms with Crippen molar-refractivity contribution in [2.24, 2.45) is 5.16 Å². The lowest BCUT2D eigenvalue weighted by molar-refractivity contribution is -0.687. The van der Waals surface area contributed by atoms with Crippen molar-refractivity contribution in [3.63, 3.8) is 0 Å². The average Bonchev–Trinajstić information content (AvgIpc) is 1.90. The van der Waals surface area contributed by atoms with Gasteiger partial charge in [-0.1, -0.05) is 0 Å². The van der Waals surface area contributed by atoms with Gasteiger partial charge < -0.3 is 0 Å². The second kappa shape index (κ2) is 2.35. The maximum absolute atomic E-state index is 3.93. The first-order valence-corrected chi connectivity index (χ1v) is 1.34. The molecule has 0 unspecified atom stereocenters. The van der Waals surface area contributed by atoms with Crippen LogP contribution in [0.3, 0.4) is 0 Å². The van der Waals surface area contributed by atoms with Crippen LogP contribution < -0.4 is 0 Å². The van der Waals surface area contributed by atoms with Crippen LogP contribution in [-0.2, 0) is 25.0 Å². The van der Waals surface area contributed by atoms with E-state index in [2.05, 4.69) is 30.1 Å². The molecule has 0 aromatic rings. The molecule has 40 valence electrons. The first-order valence-electron chi connectivity index (χ1n) is 1.34. The second-order valence-corrected chi connectivity index (χ2v) is 0.586. The quantitative estimate of drug-likeness (QED) is 0.397. The van der Waals surface area contributed by atoms with Gasteiger partial charge in [-0.15, -0.1) is 0 Å². The van der Waals surface area contributed by atoms with Crippen molar-refractivity contribution in [2.75, 3.05) is 0 Å². The van der Waals surface area contributed by atoms with Gasteiger partial charge in [-0.3, -0.25) is 4.89 Å². The molecule has 0 fully saturated rings. The number of nitrogens with zero attached hydrogens (tertiary/aromatic N) is 1. The van der Waals surface area contributed by atoms with Crippen LogP contribution in [0.15, 0.2) is 5.16 Å². The minimum Gasteiger partial charge on any atom is -0.290 e. The topological polar surface area (TPSA) is 58.5 Å². The lowest BCUT2D eigenvalue weighted by atomic mass is 11.5. The lowest BCUT2D eigenvalue weighted by Crippen LogP contribution is -1.88. The molecule has 1 aliphatic heterocycles. The third kappa shape index (κ3) is 1.35. The van der Waals surface area contributed by atoms with Crippen molar-refractivity contribution in [3.05, 3.63) is 0 Å². The highest BCUT2D eigenvalue weighted by atomic mass is 17.8. The van der Waals surface area contributed by atoms with E-state index in [0.29, 0.717) is 0 Å². The smallest absolute Gasteiger partial charge is 0.263 e. The van der Waals surface area contributed by atoms with Gasteiger partial charge in [0.2, 0.25) is 0 Å². The molecule has 0 saturated carbocycles. The summed E-state index contributed by atoms with van der Waals surface area (Å²) in [5.74, 6) is 0. The maximum Gasteiger partial charge on any atom is 0.263 e. The summed E-state index contributed by atoms with van der Waals surface area (Å²) in [4.78, 5) is 7.72. The van der Waals surface area contributed by atoms with Crippen LogP contribution in [0.1, 0.15) is 0 Å². The normalized spacial score (nSPS) is 19.4. The predicted octanol–water partition coefficient (Wildman–Crippen LogP) is -0.314. The van der Waals surface area contributed by atoms with Crippen LogP contribution >= 0.6 is 0 Å². The van der Waals surface area contributed by atoms with Gasteiger partial charge in [-0.2, -0.15) is 4.99 Å². The molecule has 0 radical (unpaired) electrons. The molecule has 0 saturated heterocycles. The SMILES string of the molecule is C1=NOOOOO1. The van der Waals surface area contributed by atoms with Crippen molar-refractivity contribution in [1.82, 2.24) is 0 Å². The van der Waals surface area contributed by atoms with Crippen LogP contribution in [0.25, 0.3) is 0 Å². The van der Waals surface area contributed by atoms with Crippen molar-refractivity contribution in [3.8, 4) is 0 Å². The van der Waals surface area contributed by atoms with Crippen LogP contribution in [0.4, 0.5) is 0 Å². The van der Waals surface area contributed by atoms with E-state index in [1.54, 1.807) is 0 Å². The fraction of sp³-hybridized carbons (Fsp3) is 0. The number of rotatable bonds is 0. The fourth-order valence-electron chi connectivity index (χ4n) is 0.110. The van der Waals surface area contributed by atoms with E-state index in [-0.39, 0.29) is 0 Å². The standard InChI is InChI=1S/CHNO5/c1-2-4-6-7-5-3-1/h1H. The zero-order valence-electron chi connectivity index (χ0n) is 3.07. The Balaban J connectivity index is 2.20. The highest BCUT2D eigenvalue weighted by Gasteiger charge is 1.92. The molecule has 0 spiro atoms. The zero-order valence-corrected chi connectivity index (χ0v) is 3.07. The molecule has 0 bridgehead atoms. The van der Waals surface area contributed by atoms with E-state index in [1.165, 1.54) is 0 Å². The number of hydrogen-bond acceptors (Lipinski definition) is 6. The summed E-state index contributed by atoms with van der Waals surface area (Å²) < 4.78 is 0. The molecule has 6 nitrogen and oxygen atoms in total. The van der Waals surface area contributed by atoms with Crippen LogP contribution in [-0.4, -0.2) is 6.40 Å². The zero-order chi connectivity index (χ0) is 4.95. The Labute approximate surface area is 37.9 Å². The van der Waals surface area contributed by atoms with Crippen LogP contribution in [0, 0.1) is 0 Å². The first kappa shape index (κ1) is 4.31. The minimum absolute atomic E-state index is 0.854. The first-order chi connectivity index (χ1) is 3.50. The third-order valence-corrected chi connectivity index (χ3v) is 0.254. The minimum atomic E-state index is 0.854. The molecule has 1 heterocycles. The summed E-state index contributed by atoms with van der Waals surface area (Å²) in [6, 6.07) is 0. The van der Waals surface area contributed by atoms with Crippen molar-refractivity contribution in [2.45, 2.75) is 0 Å². The summed E-state index contributed by atoms with van der Waals surface area (Å²) in [6.45, 7) is 0. The van der Waals surface area contributed by atoms with Gasteiger partial charge in [-0.25, -0.2) is 0 Å². The summed E-state index contributed by atoms with van der Waals surface area (Å²) >= 11 is 0. The van der Waals surface area contributed by atoms with E-state index in [9.17, 15) is 0 Å². The van der Waals surface area contributed by atoms with Gasteiger partial charge in [0.05, 0.1) is 0 Å². The Kier molecular flexibility index (Phi) is 1.44. The summed E-state index contributed by atoms with van der Waals surface area (Å²) in [6.07, 6.45) is 0.854. The van der Waals surface area contributed by atoms with E-state index in [0.717, 1.165) is 6.40 Å². The van der Waals surface area contributed by atoms with Crippen LogP contribution in [0.5, 0.6) is 0 Å². The molecule has 0 amide bonds. The Morgan fingerprint density at radius 2 is 2.14 bits per heavy atom. The molecule has 1 rings (SSSR count). The van der Waals surface area contributed by atoms with Gasteiger partial charge in [-0.05, 0) is 5.16 Å². The van der Waals surface area contributed by atoms with Gasteiger partial charge in [0.15, 0.2) is 0 Å². The highest BCUT2D eigenvalue weighted by Crippen LogP contribution is 1.88. The van der Waals surface area contributed by atoms with E-state index >= 15 is 0 Å². The van der Waals surface area contributed by atoms with Crippen LogP contribution in [0.2, 0.25) is 0 Å².